The first-order chi connectivity index (χ1) is 7.19. The third-order valence-corrected chi connectivity index (χ3v) is 4.21. The zero-order valence-electron chi connectivity index (χ0n) is 10.4. The topological polar surface area (TPSA) is 29.3 Å². The molecule has 3 unspecified atom stereocenters. The van der Waals surface area contributed by atoms with Crippen LogP contribution >= 0.6 is 11.8 Å². The van der Waals surface area contributed by atoms with Crippen LogP contribution in [0.4, 0.5) is 0 Å². The normalized spacial score (nSPS) is 30.4. The molecule has 0 amide bonds. The molecule has 0 bridgehead atoms. The van der Waals surface area contributed by atoms with Gasteiger partial charge in [0.05, 0.1) is 0 Å². The summed E-state index contributed by atoms with van der Waals surface area (Å²) in [5, 5.41) is 0. The van der Waals surface area contributed by atoms with Crippen molar-refractivity contribution in [3.05, 3.63) is 0 Å². The Morgan fingerprint density at radius 3 is 2.73 bits per heavy atom. The van der Waals surface area contributed by atoms with Crippen molar-refractivity contribution in [1.29, 1.82) is 0 Å². The largest absolute Gasteiger partial charge is 0.329 e. The van der Waals surface area contributed by atoms with Crippen LogP contribution in [0.1, 0.15) is 33.1 Å². The van der Waals surface area contributed by atoms with Crippen molar-refractivity contribution < 1.29 is 0 Å². The van der Waals surface area contributed by atoms with E-state index in [0.29, 0.717) is 6.04 Å². The van der Waals surface area contributed by atoms with Crippen LogP contribution in [0.15, 0.2) is 0 Å². The van der Waals surface area contributed by atoms with Crippen molar-refractivity contribution >= 4 is 11.8 Å². The third-order valence-electron chi connectivity index (χ3n) is 3.56. The molecule has 3 heteroatoms. The molecular formula is C12H26N2S. The van der Waals surface area contributed by atoms with Gasteiger partial charge in [0.15, 0.2) is 0 Å². The molecule has 1 aliphatic rings. The molecule has 3 atom stereocenters. The summed E-state index contributed by atoms with van der Waals surface area (Å²) in [4.78, 5) is 2.64. The van der Waals surface area contributed by atoms with E-state index in [0.717, 1.165) is 18.5 Å². The lowest BCUT2D eigenvalue weighted by molar-refractivity contribution is 0.0787. The summed E-state index contributed by atoms with van der Waals surface area (Å²) in [5.41, 5.74) is 5.90. The zero-order valence-corrected chi connectivity index (χ0v) is 11.2. The average Bonchev–Trinajstić information content (AvgIpc) is 2.24. The monoisotopic (exact) mass is 230 g/mol. The Hall–Kier alpha value is 0.270. The molecule has 0 aromatic heterocycles. The van der Waals surface area contributed by atoms with Crippen LogP contribution in [0.2, 0.25) is 0 Å². The summed E-state index contributed by atoms with van der Waals surface area (Å²) in [6.45, 7) is 6.78. The number of piperidine rings is 1. The molecule has 2 N–H and O–H groups in total. The lowest BCUT2D eigenvalue weighted by atomic mass is 9.93. The molecule has 0 saturated carbocycles. The molecule has 0 aliphatic carbocycles. The third kappa shape index (κ3) is 3.97. The minimum Gasteiger partial charge on any atom is -0.329 e. The van der Waals surface area contributed by atoms with E-state index >= 15 is 0 Å². The summed E-state index contributed by atoms with van der Waals surface area (Å²) < 4.78 is 0. The van der Waals surface area contributed by atoms with Gasteiger partial charge < -0.3 is 5.73 Å². The van der Waals surface area contributed by atoms with E-state index in [9.17, 15) is 0 Å². The maximum Gasteiger partial charge on any atom is 0.0229 e. The minimum atomic E-state index is 0.607. The quantitative estimate of drug-likeness (QED) is 0.785. The van der Waals surface area contributed by atoms with E-state index < -0.39 is 0 Å². The molecule has 1 heterocycles. The Morgan fingerprint density at radius 1 is 1.40 bits per heavy atom. The Balaban J connectivity index is 2.48. The fourth-order valence-corrected chi connectivity index (χ4v) is 3.01. The lowest BCUT2D eigenvalue weighted by Crippen LogP contribution is -2.50. The second-order valence-corrected chi connectivity index (χ2v) is 5.88. The first-order valence-corrected chi connectivity index (χ1v) is 7.53. The molecule has 2 nitrogen and oxygen atoms in total. The van der Waals surface area contributed by atoms with Gasteiger partial charge in [-0.1, -0.05) is 6.92 Å². The molecule has 1 fully saturated rings. The SMILES string of the molecule is CSCCC(CN)N1CC(C)CCC1C. The van der Waals surface area contributed by atoms with Crippen molar-refractivity contribution in [2.75, 3.05) is 25.1 Å². The minimum absolute atomic E-state index is 0.607. The molecule has 1 rings (SSSR count). The second kappa shape index (κ2) is 6.77. The summed E-state index contributed by atoms with van der Waals surface area (Å²) in [6, 6.07) is 1.34. The molecule has 0 aromatic rings. The number of likely N-dealkylation sites (tertiary alicyclic amines) is 1. The molecule has 90 valence electrons. The molecular weight excluding hydrogens is 204 g/mol. The molecule has 1 saturated heterocycles. The Kier molecular flexibility index (Phi) is 6.02. The summed E-state index contributed by atoms with van der Waals surface area (Å²) in [7, 11) is 0. The van der Waals surface area contributed by atoms with Crippen LogP contribution in [0.3, 0.4) is 0 Å². The Bertz CT molecular complexity index is 175. The van der Waals surface area contributed by atoms with Gasteiger partial charge in [-0.2, -0.15) is 11.8 Å². The van der Waals surface area contributed by atoms with Crippen molar-refractivity contribution in [2.45, 2.75) is 45.2 Å². The summed E-state index contributed by atoms with van der Waals surface area (Å²) >= 11 is 1.93. The first-order valence-electron chi connectivity index (χ1n) is 6.13. The highest BCUT2D eigenvalue weighted by Crippen LogP contribution is 2.24. The van der Waals surface area contributed by atoms with Crippen LogP contribution in [0.25, 0.3) is 0 Å². The highest BCUT2D eigenvalue weighted by atomic mass is 32.2. The van der Waals surface area contributed by atoms with Crippen LogP contribution in [-0.2, 0) is 0 Å². The van der Waals surface area contributed by atoms with Crippen LogP contribution in [0, 0.1) is 5.92 Å². The van der Waals surface area contributed by atoms with Gasteiger partial charge in [-0.15, -0.1) is 0 Å². The standard InChI is InChI=1S/C12H26N2S/c1-10-4-5-11(2)14(9-10)12(8-13)6-7-15-3/h10-12H,4-9,13H2,1-3H3. The summed E-state index contributed by atoms with van der Waals surface area (Å²) in [6.07, 6.45) is 6.15. The number of hydrogen-bond acceptors (Lipinski definition) is 3. The van der Waals surface area contributed by atoms with Gasteiger partial charge in [0.2, 0.25) is 0 Å². The van der Waals surface area contributed by atoms with Gasteiger partial charge in [0.1, 0.15) is 0 Å². The van der Waals surface area contributed by atoms with E-state index in [1.165, 1.54) is 31.6 Å². The fourth-order valence-electron chi connectivity index (χ4n) is 2.50. The van der Waals surface area contributed by atoms with Crippen LogP contribution < -0.4 is 5.73 Å². The zero-order chi connectivity index (χ0) is 11.3. The van der Waals surface area contributed by atoms with Crippen LogP contribution in [0.5, 0.6) is 0 Å². The van der Waals surface area contributed by atoms with Gasteiger partial charge in [-0.05, 0) is 44.1 Å². The molecule has 1 aliphatic heterocycles. The number of thioether (sulfide) groups is 1. The number of rotatable bonds is 5. The maximum atomic E-state index is 5.90. The highest BCUT2D eigenvalue weighted by molar-refractivity contribution is 7.98. The van der Waals surface area contributed by atoms with Crippen molar-refractivity contribution in [1.82, 2.24) is 4.90 Å². The van der Waals surface area contributed by atoms with Gasteiger partial charge in [-0.3, -0.25) is 4.90 Å². The van der Waals surface area contributed by atoms with E-state index in [4.69, 9.17) is 5.73 Å². The second-order valence-electron chi connectivity index (χ2n) is 4.90. The van der Waals surface area contributed by atoms with E-state index in [1.807, 2.05) is 11.8 Å². The number of nitrogens with two attached hydrogens (primary N) is 1. The molecule has 0 spiro atoms. The summed E-state index contributed by atoms with van der Waals surface area (Å²) in [5.74, 6) is 2.09. The smallest absolute Gasteiger partial charge is 0.0229 e. The average molecular weight is 230 g/mol. The van der Waals surface area contributed by atoms with Gasteiger partial charge in [0, 0.05) is 25.2 Å². The predicted octanol–water partition coefficient (Wildman–Crippen LogP) is 2.19. The fraction of sp³-hybridized carbons (Fsp3) is 1.00. The number of nitrogens with zero attached hydrogens (tertiary/aromatic N) is 1. The Morgan fingerprint density at radius 2 is 2.13 bits per heavy atom. The van der Waals surface area contributed by atoms with Gasteiger partial charge in [0.25, 0.3) is 0 Å². The predicted molar refractivity (Wildman–Crippen MR) is 70.4 cm³/mol. The van der Waals surface area contributed by atoms with Crippen molar-refractivity contribution in [3.8, 4) is 0 Å². The molecule has 15 heavy (non-hydrogen) atoms. The molecule has 0 aromatic carbocycles. The van der Waals surface area contributed by atoms with E-state index in [2.05, 4.69) is 25.0 Å². The highest BCUT2D eigenvalue weighted by Gasteiger charge is 2.27. The van der Waals surface area contributed by atoms with E-state index in [1.54, 1.807) is 0 Å². The maximum absolute atomic E-state index is 5.90. The van der Waals surface area contributed by atoms with Gasteiger partial charge >= 0.3 is 0 Å². The van der Waals surface area contributed by atoms with E-state index in [-0.39, 0.29) is 0 Å². The van der Waals surface area contributed by atoms with Crippen LogP contribution in [-0.4, -0.2) is 42.1 Å². The van der Waals surface area contributed by atoms with Gasteiger partial charge in [-0.25, -0.2) is 0 Å². The van der Waals surface area contributed by atoms with Crippen molar-refractivity contribution in [2.24, 2.45) is 11.7 Å². The lowest BCUT2D eigenvalue weighted by Gasteiger charge is -2.41. The first kappa shape index (κ1) is 13.3. The Labute approximate surface area is 99.0 Å². The van der Waals surface area contributed by atoms with Crippen molar-refractivity contribution in [3.63, 3.8) is 0 Å². The molecule has 0 radical (unpaired) electrons. The number of hydrogen-bond donors (Lipinski definition) is 1.